The van der Waals surface area contributed by atoms with Gasteiger partial charge in [-0.1, -0.05) is 42.5 Å². The third kappa shape index (κ3) is 2.84. The Labute approximate surface area is 124 Å². The second-order valence-electron chi connectivity index (χ2n) is 4.63. The van der Waals surface area contributed by atoms with E-state index in [-0.39, 0.29) is 19.0 Å². The highest BCUT2D eigenvalue weighted by Crippen LogP contribution is 2.11. The number of imidazole rings is 1. The molecule has 0 bridgehead atoms. The third-order valence-corrected chi connectivity index (χ3v) is 3.32. The monoisotopic (exact) mass is 288 g/mol. The number of aliphatic hydroxyl groups is 1. The number of para-hydroxylation sites is 2. The van der Waals surface area contributed by atoms with Crippen LogP contribution in [0, 0.1) is 0 Å². The fourth-order valence-corrected chi connectivity index (χ4v) is 2.43. The van der Waals surface area contributed by atoms with E-state index in [1.165, 1.54) is 11.1 Å². The van der Waals surface area contributed by atoms with Crippen LogP contribution in [0.5, 0.6) is 0 Å². The topological polar surface area (TPSA) is 29.0 Å². The Hall–Kier alpha value is -1.84. The number of aromatic nitrogens is 2. The summed E-state index contributed by atoms with van der Waals surface area (Å²) in [4.78, 5) is 0. The van der Waals surface area contributed by atoms with E-state index in [1.54, 1.807) is 0 Å². The summed E-state index contributed by atoms with van der Waals surface area (Å²) < 4.78 is 4.32. The molecular weight excluding hydrogens is 272 g/mol. The minimum atomic E-state index is 0. The average Bonchev–Trinajstić information content (AvgIpc) is 2.79. The van der Waals surface area contributed by atoms with Gasteiger partial charge in [-0.3, -0.25) is 0 Å². The lowest BCUT2D eigenvalue weighted by atomic mass is 10.2. The number of benzene rings is 2. The van der Waals surface area contributed by atoms with Gasteiger partial charge in [0.1, 0.15) is 13.1 Å². The normalized spacial score (nSPS) is 10.4. The van der Waals surface area contributed by atoms with E-state index in [9.17, 15) is 0 Å². The molecule has 0 saturated carbocycles. The molecule has 104 valence electrons. The zero-order valence-corrected chi connectivity index (χ0v) is 11.9. The van der Waals surface area contributed by atoms with Crippen LogP contribution in [0.4, 0.5) is 0 Å². The van der Waals surface area contributed by atoms with Crippen molar-refractivity contribution in [1.82, 2.24) is 4.57 Å². The second-order valence-corrected chi connectivity index (χ2v) is 4.63. The molecule has 0 saturated heterocycles. The quantitative estimate of drug-likeness (QED) is 0.612. The van der Waals surface area contributed by atoms with Gasteiger partial charge in [-0.05, 0) is 17.7 Å². The number of hydrogen-bond donors (Lipinski definition) is 1. The van der Waals surface area contributed by atoms with Crippen molar-refractivity contribution in [2.45, 2.75) is 13.1 Å². The molecule has 0 unspecified atom stereocenters. The summed E-state index contributed by atoms with van der Waals surface area (Å²) in [6.07, 6.45) is 2.08. The second kappa shape index (κ2) is 6.55. The number of hydrogen-bond acceptors (Lipinski definition) is 1. The van der Waals surface area contributed by atoms with Gasteiger partial charge < -0.3 is 17.5 Å². The average molecular weight is 289 g/mol. The third-order valence-electron chi connectivity index (χ3n) is 3.32. The van der Waals surface area contributed by atoms with Crippen LogP contribution in [0.3, 0.4) is 0 Å². The van der Waals surface area contributed by atoms with Gasteiger partial charge in [-0.2, -0.15) is 0 Å². The van der Waals surface area contributed by atoms with Crippen LogP contribution in [-0.4, -0.2) is 16.3 Å². The molecule has 0 atom stereocenters. The number of halogens is 1. The summed E-state index contributed by atoms with van der Waals surface area (Å²) in [7, 11) is 0. The zero-order valence-electron chi connectivity index (χ0n) is 11.1. The van der Waals surface area contributed by atoms with Gasteiger partial charge in [0, 0.05) is 0 Å². The summed E-state index contributed by atoms with van der Waals surface area (Å²) >= 11 is 0. The predicted molar refractivity (Wildman–Crippen MR) is 74.8 cm³/mol. The number of nitrogens with zero attached hydrogens (tertiary/aromatic N) is 2. The smallest absolute Gasteiger partial charge is 0.245 e. The van der Waals surface area contributed by atoms with E-state index in [0.717, 1.165) is 12.1 Å². The number of aliphatic hydroxyl groups excluding tert-OH is 1. The standard InChI is InChI=1S/C16H17N2O.ClH/c19-11-10-17-13-18(12-14-6-2-1-3-7-14)16-9-5-4-8-15(16)17;/h1-9,13,19H,10-12H2;1H/q+1;/p-1. The number of rotatable bonds is 4. The Bertz CT molecular complexity index is 679. The van der Waals surface area contributed by atoms with Crippen molar-refractivity contribution < 1.29 is 22.1 Å². The van der Waals surface area contributed by atoms with Gasteiger partial charge in [0.25, 0.3) is 0 Å². The maximum atomic E-state index is 9.15. The number of fused-ring (bicyclic) bond motifs is 1. The molecule has 0 aliphatic heterocycles. The van der Waals surface area contributed by atoms with E-state index in [0.29, 0.717) is 6.54 Å². The highest BCUT2D eigenvalue weighted by Gasteiger charge is 2.14. The van der Waals surface area contributed by atoms with Gasteiger partial charge in [0.05, 0.1) is 6.61 Å². The first-order valence-corrected chi connectivity index (χ1v) is 6.50. The summed E-state index contributed by atoms with van der Waals surface area (Å²) in [6, 6.07) is 18.7. The Kier molecular flexibility index (Phi) is 4.77. The summed E-state index contributed by atoms with van der Waals surface area (Å²) in [6.45, 7) is 1.63. The lowest BCUT2D eigenvalue weighted by molar-refractivity contribution is -0.663. The van der Waals surface area contributed by atoms with Crippen LogP contribution in [0.15, 0.2) is 60.9 Å². The molecule has 0 fully saturated rings. The van der Waals surface area contributed by atoms with Gasteiger partial charge in [0.15, 0.2) is 11.0 Å². The zero-order chi connectivity index (χ0) is 13.1. The van der Waals surface area contributed by atoms with Crippen molar-refractivity contribution in [2.75, 3.05) is 6.61 Å². The van der Waals surface area contributed by atoms with Gasteiger partial charge >= 0.3 is 0 Å². The van der Waals surface area contributed by atoms with E-state index in [2.05, 4.69) is 51.9 Å². The first kappa shape index (κ1) is 14.6. The lowest BCUT2D eigenvalue weighted by Gasteiger charge is -1.97. The highest BCUT2D eigenvalue weighted by molar-refractivity contribution is 5.71. The van der Waals surface area contributed by atoms with E-state index < -0.39 is 0 Å². The van der Waals surface area contributed by atoms with Gasteiger partial charge in [-0.15, -0.1) is 0 Å². The van der Waals surface area contributed by atoms with Crippen LogP contribution in [0.1, 0.15) is 5.56 Å². The summed E-state index contributed by atoms with van der Waals surface area (Å²) in [5, 5.41) is 9.15. The molecule has 20 heavy (non-hydrogen) atoms. The van der Waals surface area contributed by atoms with Gasteiger partial charge in [0.2, 0.25) is 6.33 Å². The molecular formula is C16H17ClN2O. The fourth-order valence-electron chi connectivity index (χ4n) is 2.43. The Morgan fingerprint density at radius 3 is 2.40 bits per heavy atom. The predicted octanol–water partition coefficient (Wildman–Crippen LogP) is -1.03. The minimum absolute atomic E-state index is 0. The molecule has 3 aromatic rings. The molecule has 0 radical (unpaired) electrons. The van der Waals surface area contributed by atoms with Crippen molar-refractivity contribution in [3.05, 3.63) is 66.5 Å². The summed E-state index contributed by atoms with van der Waals surface area (Å²) in [5.41, 5.74) is 3.63. The van der Waals surface area contributed by atoms with Crippen LogP contribution < -0.4 is 17.0 Å². The van der Waals surface area contributed by atoms with Crippen LogP contribution in [0.25, 0.3) is 11.0 Å². The van der Waals surface area contributed by atoms with Crippen LogP contribution >= 0.6 is 0 Å². The van der Waals surface area contributed by atoms with E-state index in [1.807, 2.05) is 18.2 Å². The maximum Gasteiger partial charge on any atom is 0.245 e. The largest absolute Gasteiger partial charge is 1.00 e. The molecule has 1 heterocycles. The van der Waals surface area contributed by atoms with Crippen molar-refractivity contribution in [3.63, 3.8) is 0 Å². The first-order valence-electron chi connectivity index (χ1n) is 6.50. The lowest BCUT2D eigenvalue weighted by Crippen LogP contribution is -3.00. The molecule has 0 aliphatic carbocycles. The van der Waals surface area contributed by atoms with Crippen LogP contribution in [0.2, 0.25) is 0 Å². The van der Waals surface area contributed by atoms with Crippen molar-refractivity contribution >= 4 is 11.0 Å². The fraction of sp³-hybridized carbons (Fsp3) is 0.188. The van der Waals surface area contributed by atoms with Gasteiger partial charge in [-0.25, -0.2) is 9.13 Å². The van der Waals surface area contributed by atoms with Crippen molar-refractivity contribution in [3.8, 4) is 0 Å². The SMILES string of the molecule is OCCn1c[n+](Cc2ccccc2)c2ccccc21.[Cl-]. The van der Waals surface area contributed by atoms with Crippen molar-refractivity contribution in [2.24, 2.45) is 0 Å². The Balaban J connectivity index is 0.00000147. The maximum absolute atomic E-state index is 9.15. The Morgan fingerprint density at radius 1 is 0.950 bits per heavy atom. The molecule has 3 nitrogen and oxygen atoms in total. The molecule has 3 rings (SSSR count). The molecule has 1 N–H and O–H groups in total. The van der Waals surface area contributed by atoms with Crippen molar-refractivity contribution in [1.29, 1.82) is 0 Å². The first-order chi connectivity index (χ1) is 9.38. The minimum Gasteiger partial charge on any atom is -1.00 e. The summed E-state index contributed by atoms with van der Waals surface area (Å²) in [5.74, 6) is 0. The Morgan fingerprint density at radius 2 is 1.65 bits per heavy atom. The molecule has 0 aliphatic rings. The molecule has 2 aromatic carbocycles. The van der Waals surface area contributed by atoms with E-state index >= 15 is 0 Å². The molecule has 4 heteroatoms. The van der Waals surface area contributed by atoms with E-state index in [4.69, 9.17) is 5.11 Å². The molecule has 0 spiro atoms. The molecule has 0 amide bonds. The highest BCUT2D eigenvalue weighted by atomic mass is 35.5. The van der Waals surface area contributed by atoms with Crippen LogP contribution in [-0.2, 0) is 13.1 Å². The molecule has 1 aromatic heterocycles.